The third kappa shape index (κ3) is 7.37. The largest absolute Gasteiger partial charge is 0.346 e. The van der Waals surface area contributed by atoms with E-state index in [-0.39, 0.29) is 5.91 Å². The lowest BCUT2D eigenvalue weighted by Gasteiger charge is -2.21. The van der Waals surface area contributed by atoms with Gasteiger partial charge in [-0.25, -0.2) is 0 Å². The van der Waals surface area contributed by atoms with Gasteiger partial charge in [-0.3, -0.25) is 4.79 Å². The van der Waals surface area contributed by atoms with E-state index >= 15 is 0 Å². The molecule has 0 saturated carbocycles. The van der Waals surface area contributed by atoms with Crippen molar-refractivity contribution in [3.8, 4) is 0 Å². The fourth-order valence-corrected chi connectivity index (χ4v) is 1.56. The van der Waals surface area contributed by atoms with Crippen molar-refractivity contribution >= 4 is 5.91 Å². The van der Waals surface area contributed by atoms with Crippen LogP contribution < -0.4 is 0 Å². The molecule has 1 atom stereocenters. The number of amides is 1. The van der Waals surface area contributed by atoms with Gasteiger partial charge in [-0.05, 0) is 38.9 Å². The smallest absolute Gasteiger partial charge is 0.219 e. The van der Waals surface area contributed by atoms with Crippen LogP contribution in [0.3, 0.4) is 0 Å². The molecule has 0 fully saturated rings. The monoisotopic (exact) mass is 214 g/mol. The summed E-state index contributed by atoms with van der Waals surface area (Å²) in [6.07, 6.45) is 2.42. The van der Waals surface area contributed by atoms with Gasteiger partial charge in [-0.15, -0.1) is 0 Å². The van der Waals surface area contributed by atoms with Crippen LogP contribution in [0, 0.1) is 5.92 Å². The molecule has 3 nitrogen and oxygen atoms in total. The molecule has 1 unspecified atom stereocenters. The zero-order chi connectivity index (χ0) is 11.8. The van der Waals surface area contributed by atoms with Crippen molar-refractivity contribution < 1.29 is 4.79 Å². The predicted octanol–water partition coefficient (Wildman–Crippen LogP) is 1.83. The SMILES string of the molecule is CCN(C)CCCC(C)CN(C)C(C)=O. The maximum Gasteiger partial charge on any atom is 0.219 e. The fourth-order valence-electron chi connectivity index (χ4n) is 1.56. The molecule has 0 aromatic carbocycles. The molecule has 0 rings (SSSR count). The van der Waals surface area contributed by atoms with Crippen LogP contribution in [0.4, 0.5) is 0 Å². The molecule has 0 heterocycles. The van der Waals surface area contributed by atoms with Gasteiger partial charge in [0, 0.05) is 20.5 Å². The molecule has 3 heteroatoms. The third-order valence-electron chi connectivity index (χ3n) is 2.90. The number of nitrogens with zero attached hydrogens (tertiary/aromatic N) is 2. The van der Waals surface area contributed by atoms with E-state index in [0.29, 0.717) is 5.92 Å². The predicted molar refractivity (Wildman–Crippen MR) is 64.9 cm³/mol. The Morgan fingerprint density at radius 1 is 1.33 bits per heavy atom. The Bertz CT molecular complexity index is 182. The summed E-state index contributed by atoms with van der Waals surface area (Å²) in [4.78, 5) is 15.1. The second kappa shape index (κ2) is 7.69. The van der Waals surface area contributed by atoms with Gasteiger partial charge >= 0.3 is 0 Å². The van der Waals surface area contributed by atoms with Gasteiger partial charge in [-0.2, -0.15) is 0 Å². The number of rotatable bonds is 7. The van der Waals surface area contributed by atoms with Crippen LogP contribution in [0.2, 0.25) is 0 Å². The lowest BCUT2D eigenvalue weighted by atomic mass is 10.1. The molecule has 15 heavy (non-hydrogen) atoms. The molecule has 1 amide bonds. The van der Waals surface area contributed by atoms with Crippen molar-refractivity contribution in [1.29, 1.82) is 0 Å². The Balaban J connectivity index is 3.57. The Morgan fingerprint density at radius 2 is 1.93 bits per heavy atom. The number of carbonyl (C=O) groups excluding carboxylic acids is 1. The molecule has 90 valence electrons. The number of hydrogen-bond donors (Lipinski definition) is 0. The Labute approximate surface area is 94.4 Å². The highest BCUT2D eigenvalue weighted by Gasteiger charge is 2.08. The zero-order valence-corrected chi connectivity index (χ0v) is 10.9. The van der Waals surface area contributed by atoms with E-state index in [9.17, 15) is 4.79 Å². The van der Waals surface area contributed by atoms with Crippen LogP contribution in [0.5, 0.6) is 0 Å². The molecule has 0 aliphatic rings. The maximum absolute atomic E-state index is 11.0. The van der Waals surface area contributed by atoms with Gasteiger partial charge in [0.2, 0.25) is 5.91 Å². The highest BCUT2D eigenvalue weighted by molar-refractivity contribution is 5.72. The quantitative estimate of drug-likeness (QED) is 0.645. The molecule has 0 saturated heterocycles. The number of hydrogen-bond acceptors (Lipinski definition) is 2. The Hall–Kier alpha value is -0.570. The van der Waals surface area contributed by atoms with Crippen LogP contribution in [-0.4, -0.2) is 49.4 Å². The maximum atomic E-state index is 11.0. The van der Waals surface area contributed by atoms with E-state index < -0.39 is 0 Å². The van der Waals surface area contributed by atoms with E-state index in [0.717, 1.165) is 19.6 Å². The fraction of sp³-hybridized carbons (Fsp3) is 0.917. The Kier molecular flexibility index (Phi) is 7.39. The van der Waals surface area contributed by atoms with Crippen molar-refractivity contribution in [1.82, 2.24) is 9.80 Å². The topological polar surface area (TPSA) is 23.6 Å². The van der Waals surface area contributed by atoms with Crippen molar-refractivity contribution in [2.24, 2.45) is 5.92 Å². The average molecular weight is 214 g/mol. The third-order valence-corrected chi connectivity index (χ3v) is 2.90. The minimum absolute atomic E-state index is 0.160. The van der Waals surface area contributed by atoms with Crippen LogP contribution in [0.1, 0.15) is 33.6 Å². The van der Waals surface area contributed by atoms with Crippen LogP contribution in [0.25, 0.3) is 0 Å². The summed E-state index contributed by atoms with van der Waals surface area (Å²) in [5.74, 6) is 0.761. The highest BCUT2D eigenvalue weighted by atomic mass is 16.2. The van der Waals surface area contributed by atoms with Gasteiger partial charge in [0.05, 0.1) is 0 Å². The Morgan fingerprint density at radius 3 is 2.40 bits per heavy atom. The van der Waals surface area contributed by atoms with Gasteiger partial charge in [0.25, 0.3) is 0 Å². The van der Waals surface area contributed by atoms with E-state index in [1.54, 1.807) is 11.8 Å². The van der Waals surface area contributed by atoms with Crippen molar-refractivity contribution in [2.75, 3.05) is 33.7 Å². The van der Waals surface area contributed by atoms with E-state index in [1.165, 1.54) is 12.8 Å². The molecule has 0 aromatic heterocycles. The summed E-state index contributed by atoms with van der Waals surface area (Å²) in [5, 5.41) is 0. The lowest BCUT2D eigenvalue weighted by Crippen LogP contribution is -2.29. The minimum atomic E-state index is 0.160. The molecule has 0 aliphatic carbocycles. The van der Waals surface area contributed by atoms with Gasteiger partial charge < -0.3 is 9.80 Å². The number of carbonyl (C=O) groups is 1. The molecule has 0 N–H and O–H groups in total. The van der Waals surface area contributed by atoms with Crippen molar-refractivity contribution in [3.63, 3.8) is 0 Å². The summed E-state index contributed by atoms with van der Waals surface area (Å²) >= 11 is 0. The van der Waals surface area contributed by atoms with Crippen LogP contribution >= 0.6 is 0 Å². The van der Waals surface area contributed by atoms with Gasteiger partial charge in [-0.1, -0.05) is 13.8 Å². The first-order valence-electron chi connectivity index (χ1n) is 5.87. The van der Waals surface area contributed by atoms with Crippen LogP contribution in [-0.2, 0) is 4.79 Å². The summed E-state index contributed by atoms with van der Waals surface area (Å²) in [6.45, 7) is 9.16. The first-order valence-corrected chi connectivity index (χ1v) is 5.87. The van der Waals surface area contributed by atoms with Crippen LogP contribution in [0.15, 0.2) is 0 Å². The molecule has 0 aliphatic heterocycles. The molecule has 0 spiro atoms. The summed E-state index contributed by atoms with van der Waals surface area (Å²) in [7, 11) is 4.02. The molecular formula is C12H26N2O. The highest BCUT2D eigenvalue weighted by Crippen LogP contribution is 2.07. The minimum Gasteiger partial charge on any atom is -0.346 e. The van der Waals surface area contributed by atoms with Gasteiger partial charge in [0.1, 0.15) is 0 Å². The summed E-state index contributed by atoms with van der Waals surface area (Å²) in [5.41, 5.74) is 0. The van der Waals surface area contributed by atoms with Crippen molar-refractivity contribution in [2.45, 2.75) is 33.6 Å². The summed E-state index contributed by atoms with van der Waals surface area (Å²) in [6, 6.07) is 0. The first kappa shape index (κ1) is 14.4. The first-order chi connectivity index (χ1) is 6.97. The normalized spacial score (nSPS) is 12.9. The van der Waals surface area contributed by atoms with E-state index in [2.05, 4.69) is 25.8 Å². The zero-order valence-electron chi connectivity index (χ0n) is 10.9. The van der Waals surface area contributed by atoms with E-state index in [1.807, 2.05) is 7.05 Å². The summed E-state index contributed by atoms with van der Waals surface area (Å²) < 4.78 is 0. The van der Waals surface area contributed by atoms with E-state index in [4.69, 9.17) is 0 Å². The van der Waals surface area contributed by atoms with Crippen molar-refractivity contribution in [3.05, 3.63) is 0 Å². The average Bonchev–Trinajstić information content (AvgIpc) is 2.17. The molecule has 0 bridgehead atoms. The molecular weight excluding hydrogens is 188 g/mol. The molecule has 0 aromatic rings. The standard InChI is InChI=1S/C12H26N2O/c1-6-13(4)9-7-8-11(2)10-14(5)12(3)15/h11H,6-10H2,1-5H3. The lowest BCUT2D eigenvalue weighted by molar-refractivity contribution is -0.128. The molecule has 0 radical (unpaired) electrons. The van der Waals surface area contributed by atoms with Gasteiger partial charge in [0.15, 0.2) is 0 Å². The second-order valence-electron chi connectivity index (χ2n) is 4.54. The second-order valence-corrected chi connectivity index (χ2v) is 4.54.